The Balaban J connectivity index is 0.000000455. The molecule has 5 heterocycles. The van der Waals surface area contributed by atoms with Crippen LogP contribution in [-0.4, -0.2) is 146 Å². The van der Waals surface area contributed by atoms with E-state index in [-0.39, 0.29) is 74.0 Å². The zero-order chi connectivity index (χ0) is 69.0. The van der Waals surface area contributed by atoms with Crippen LogP contribution in [0.4, 0.5) is 17.1 Å². The van der Waals surface area contributed by atoms with Crippen LogP contribution < -0.4 is 39.7 Å². The number of aliphatic hydroxyl groups is 1. The largest absolute Gasteiger partial charge is 1.00 e. The van der Waals surface area contributed by atoms with E-state index in [1.165, 1.54) is 29.0 Å². The quantitative estimate of drug-likeness (QED) is 0.0109. The van der Waals surface area contributed by atoms with Gasteiger partial charge in [0.2, 0.25) is 5.69 Å². The van der Waals surface area contributed by atoms with E-state index in [4.69, 9.17) is 63.0 Å². The number of aldehydes is 1. The van der Waals surface area contributed by atoms with Crippen LogP contribution in [0, 0.1) is 6.07 Å². The fourth-order valence-corrected chi connectivity index (χ4v) is 13.3. The van der Waals surface area contributed by atoms with Gasteiger partial charge in [-0.3, -0.25) is 18.9 Å². The van der Waals surface area contributed by atoms with Gasteiger partial charge in [0.05, 0.1) is 55.7 Å². The van der Waals surface area contributed by atoms with Gasteiger partial charge in [-0.15, -0.1) is 31.3 Å². The number of fused-ring (bicyclic) bond motifs is 3. The summed E-state index contributed by atoms with van der Waals surface area (Å²) in [7, 11) is -18.9. The molecule has 0 unspecified atom stereocenters. The molecule has 0 amide bonds. The second-order valence-corrected chi connectivity index (χ2v) is 29.2. The third kappa shape index (κ3) is 24.0. The second-order valence-electron chi connectivity index (χ2n) is 22.4. The molecule has 93 heavy (non-hydrogen) atoms. The second kappa shape index (κ2) is 37.0. The van der Waals surface area contributed by atoms with Crippen LogP contribution in [0.3, 0.4) is 0 Å². The molecule has 0 aromatic heterocycles. The molecule has 0 saturated carbocycles. The zero-order valence-corrected chi connectivity index (χ0v) is 60.6. The summed E-state index contributed by atoms with van der Waals surface area (Å²) in [6.45, 7) is 17.4. The van der Waals surface area contributed by atoms with Gasteiger partial charge in [0.15, 0.2) is 23.5 Å². The van der Waals surface area contributed by atoms with Crippen LogP contribution >= 0.6 is 35.2 Å². The summed E-state index contributed by atoms with van der Waals surface area (Å²) in [6.07, 6.45) is 13.8. The molecule has 506 valence electrons. The van der Waals surface area contributed by atoms with Crippen LogP contribution in [0.2, 0.25) is 0 Å². The standard InChI is InChI=1S/C37H45ClN2O10S3.C15H21NO3S.C7H7ClO3.Na.2O3S/c1-36(2)28-11-5-6-12-30(28)39(20-7-9-23-51-50-49-41)34(36)18-16-32-35(38)26(19-22-48-32)13-17-33-37(3,4)29-25-27(53(45,46)47)14-15-31(29)40(33)21-8-10-24-52(42,43)44;1-12-15(2,3)13-8-4-5-9-14(13)16(12)10-6-7-11-20(17,18)19;8-7-5(3-9)1-2-11-6(7)4-10;;2*1-4(2)3/h5-6,11-18,25H,7-10,19-24H2,1-4H3,(H2-,41,42,43,44,45,46,47);5,8-9H,6-7,10-11H2,1-3H3,(H,17,18,19);3-4,9H,1-2H2;;;/q;;;+1;;/p-1/b;;5-3+;;;. The molecule has 3 aromatic rings. The minimum atomic E-state index is -4.45. The SMILES string of the molecule is CC1(C)C(/C=C/C2=C(Cl)C(=C/C=C3/N(CCCCS(=O)(=O)O)c4ccc(S(=O)(=O)O)cc4C3(C)C)/CCO2)=[N+](CCCCSOO[O-])c2ccccc21.CC1=[N+](CCCCS(=O)(=O)[O-])c2cc[c-]cc2C1(C)C.O=CC1=C(Cl)/C(=C/O)CCO1.O=S(=O)=O.O=S(=O)=O.[Na+]. The first-order valence-electron chi connectivity index (χ1n) is 28.2. The van der Waals surface area contributed by atoms with E-state index in [0.29, 0.717) is 85.8 Å². The van der Waals surface area contributed by atoms with E-state index in [9.17, 15) is 49.0 Å². The number of rotatable bonds is 22. The van der Waals surface area contributed by atoms with Gasteiger partial charge >= 0.3 is 50.8 Å². The first kappa shape index (κ1) is 82.3. The molecule has 0 bridgehead atoms. The third-order valence-electron chi connectivity index (χ3n) is 15.4. The Morgan fingerprint density at radius 2 is 1.31 bits per heavy atom. The van der Waals surface area contributed by atoms with Gasteiger partial charge in [-0.1, -0.05) is 80.7 Å². The van der Waals surface area contributed by atoms with Crippen molar-refractivity contribution in [2.24, 2.45) is 0 Å². The average Bonchev–Trinajstić information content (AvgIpc) is 1.61. The Kier molecular flexibility index (Phi) is 32.7. The number of hydrogen-bond acceptors (Lipinski definition) is 22. The van der Waals surface area contributed by atoms with E-state index < -0.39 is 57.0 Å². The summed E-state index contributed by atoms with van der Waals surface area (Å²) < 4.78 is 168. The molecule has 0 spiro atoms. The van der Waals surface area contributed by atoms with Crippen molar-refractivity contribution in [3.05, 3.63) is 152 Å². The summed E-state index contributed by atoms with van der Waals surface area (Å²) in [6, 6.07) is 21.8. The van der Waals surface area contributed by atoms with Crippen molar-refractivity contribution in [3.63, 3.8) is 0 Å². The molecule has 5 aliphatic heterocycles. The first-order chi connectivity index (χ1) is 43.0. The molecule has 0 atom stereocenters. The smallest absolute Gasteiger partial charge is 0.748 e. The van der Waals surface area contributed by atoms with Crippen LogP contribution in [0.25, 0.3) is 0 Å². The van der Waals surface area contributed by atoms with Crippen molar-refractivity contribution in [1.29, 1.82) is 0 Å². The van der Waals surface area contributed by atoms with E-state index in [1.54, 1.807) is 6.07 Å². The molecule has 0 aliphatic carbocycles. The molecule has 5 aliphatic rings. The summed E-state index contributed by atoms with van der Waals surface area (Å²) in [5, 5.41) is 22.8. The molecule has 3 aromatic carbocycles. The van der Waals surface area contributed by atoms with E-state index in [1.807, 2.05) is 67.3 Å². The molecule has 0 saturated heterocycles. The number of nitrogens with zero attached hydrogens (tertiary/aromatic N) is 3. The van der Waals surface area contributed by atoms with Gasteiger partial charge in [-0.25, -0.2) is 13.0 Å². The molecule has 0 radical (unpaired) electrons. The molecule has 25 nitrogen and oxygen atoms in total. The Hall–Kier alpha value is -4.91. The summed E-state index contributed by atoms with van der Waals surface area (Å²) in [5.74, 6) is 0.597. The predicted octanol–water partition coefficient (Wildman–Crippen LogP) is 5.37. The van der Waals surface area contributed by atoms with Crippen molar-refractivity contribution in [3.8, 4) is 0 Å². The summed E-state index contributed by atoms with van der Waals surface area (Å²) >= 11 is 13.6. The topological polar surface area (TPSA) is 375 Å². The number of carbonyl (C=O) groups is 1. The fourth-order valence-electron chi connectivity index (χ4n) is 10.7. The van der Waals surface area contributed by atoms with Gasteiger partial charge in [0.25, 0.3) is 20.2 Å². The summed E-state index contributed by atoms with van der Waals surface area (Å²) in [4.78, 5) is 12.0. The number of unbranched alkanes of at least 4 members (excludes halogenated alkanes) is 3. The van der Waals surface area contributed by atoms with E-state index in [0.717, 1.165) is 78.3 Å². The maximum absolute atomic E-state index is 12.0. The summed E-state index contributed by atoms with van der Waals surface area (Å²) in [5.41, 5.74) is 9.70. The van der Waals surface area contributed by atoms with Crippen LogP contribution in [0.1, 0.15) is 117 Å². The minimum absolute atomic E-state index is 0. The number of ether oxygens (including phenoxy) is 2. The van der Waals surface area contributed by atoms with Gasteiger partial charge in [-0.05, 0) is 81.0 Å². The van der Waals surface area contributed by atoms with Crippen LogP contribution in [-0.2, 0) is 91.5 Å². The number of anilines is 1. The average molecular weight is 1460 g/mol. The Labute approximate surface area is 582 Å². The van der Waals surface area contributed by atoms with Crippen molar-refractivity contribution in [2.75, 3.05) is 55.0 Å². The number of para-hydroxylation sites is 1. The fraction of sp³-hybridized carbons (Fsp3) is 0.441. The van der Waals surface area contributed by atoms with Gasteiger partial charge in [0, 0.05) is 108 Å². The van der Waals surface area contributed by atoms with E-state index in [2.05, 4.69) is 77.4 Å². The van der Waals surface area contributed by atoms with Gasteiger partial charge < -0.3 is 29.3 Å². The van der Waals surface area contributed by atoms with Crippen molar-refractivity contribution >= 4 is 122 Å². The van der Waals surface area contributed by atoms with Crippen LogP contribution in [0.15, 0.2) is 135 Å². The van der Waals surface area contributed by atoms with Crippen molar-refractivity contribution in [2.45, 2.75) is 121 Å². The van der Waals surface area contributed by atoms with Gasteiger partial charge in [0.1, 0.15) is 24.5 Å². The maximum Gasteiger partial charge on any atom is 1.00 e. The first-order valence-corrected chi connectivity index (χ1v) is 36.5. The molecule has 3 N–H and O–H groups in total. The predicted molar refractivity (Wildman–Crippen MR) is 341 cm³/mol. The Morgan fingerprint density at radius 1 is 0.731 bits per heavy atom. The monoisotopic (exact) mass is 1460 g/mol. The minimum Gasteiger partial charge on any atom is -0.748 e. The van der Waals surface area contributed by atoms with Gasteiger partial charge in [-0.2, -0.15) is 43.9 Å². The Morgan fingerprint density at radius 3 is 1.91 bits per heavy atom. The number of carbonyl (C=O) groups excluding carboxylic acids is 1. The van der Waals surface area contributed by atoms with Crippen LogP contribution in [0.5, 0.6) is 0 Å². The number of halogens is 2. The molecule has 0 fully saturated rings. The third-order valence-corrected chi connectivity index (χ3v) is 19.3. The number of aliphatic hydroxyl groups excluding tert-OH is 1. The maximum atomic E-state index is 12.0. The number of benzene rings is 3. The van der Waals surface area contributed by atoms with Crippen molar-refractivity contribution in [1.82, 2.24) is 0 Å². The molecular formula is C59H72Cl2N3NaO22S6. The molecular weight excluding hydrogens is 1390 g/mol. The van der Waals surface area contributed by atoms with E-state index >= 15 is 0 Å². The number of hydrogen-bond donors (Lipinski definition) is 3. The van der Waals surface area contributed by atoms with Crippen molar-refractivity contribution < 1.29 is 137 Å². The Bertz CT molecular complexity index is 4010. The number of allylic oxidation sites excluding steroid dienone is 8. The zero-order valence-electron chi connectivity index (χ0n) is 52.2. The molecule has 8 rings (SSSR count). The molecule has 34 heteroatoms. The normalized spacial score (nSPS) is 18.1.